The number of rotatable bonds is 16. The minimum Gasteiger partial charge on any atom is -0.486 e. The summed E-state index contributed by atoms with van der Waals surface area (Å²) in [6.07, 6.45) is 9.34. The zero-order valence-electron chi connectivity index (χ0n) is 45.4. The predicted octanol–water partition coefficient (Wildman–Crippen LogP) is 9.58. The number of halogens is 3. The average Bonchev–Trinajstić information content (AvgIpc) is 2.28. The van der Waals surface area contributed by atoms with Crippen molar-refractivity contribution < 1.29 is 37.7 Å². The Hall–Kier alpha value is -7.87. The number of nitrogens with zero attached hydrogens (tertiary/aromatic N) is 9. The van der Waals surface area contributed by atoms with Crippen LogP contribution in [0, 0.1) is 28.9 Å². The third kappa shape index (κ3) is 11.2. The van der Waals surface area contributed by atoms with E-state index in [1.807, 2.05) is 55.3 Å². The predicted molar refractivity (Wildman–Crippen MR) is 309 cm³/mol. The molecule has 5 N–H and O–H groups in total. The summed E-state index contributed by atoms with van der Waals surface area (Å²) < 4.78 is 50.0. The van der Waals surface area contributed by atoms with E-state index >= 15 is 4.39 Å². The maximum Gasteiger partial charge on any atom is 0.319 e. The second-order valence-electron chi connectivity index (χ2n) is 21.4. The summed E-state index contributed by atoms with van der Waals surface area (Å²) in [5, 5.41) is 36.0. The van der Waals surface area contributed by atoms with Gasteiger partial charge >= 0.3 is 6.01 Å². The number of benzene rings is 4. The van der Waals surface area contributed by atoms with Gasteiger partial charge in [0.05, 0.1) is 53.5 Å². The number of carbonyl (C=O) groups is 2. The van der Waals surface area contributed by atoms with Crippen molar-refractivity contribution in [2.24, 2.45) is 5.92 Å². The quantitative estimate of drug-likeness (QED) is 0.0660. The van der Waals surface area contributed by atoms with Crippen LogP contribution in [0.1, 0.15) is 81.6 Å². The normalized spacial score (nSPS) is 18.6. The number of fused-ring (bicyclic) bond motifs is 4. The molecule has 4 aromatic heterocycles. The van der Waals surface area contributed by atoms with Gasteiger partial charge < -0.3 is 45.5 Å². The first-order chi connectivity index (χ1) is 39.8. The first-order valence-corrected chi connectivity index (χ1v) is 28.7. The molecule has 8 aromatic rings. The molecule has 4 aromatic carbocycles. The lowest BCUT2D eigenvalue weighted by atomic mass is 9.96. The summed E-state index contributed by atoms with van der Waals surface area (Å²) in [6.45, 7) is 9.58. The Morgan fingerprint density at radius 1 is 1.05 bits per heavy atom. The van der Waals surface area contributed by atoms with Crippen LogP contribution in [0.4, 0.5) is 19.6 Å². The van der Waals surface area contributed by atoms with Gasteiger partial charge in [0, 0.05) is 84.3 Å². The Kier molecular flexibility index (Phi) is 16.6. The summed E-state index contributed by atoms with van der Waals surface area (Å²) in [5.41, 5.74) is 12.1. The number of likely N-dealkylation sites (tertiary alicyclic amines) is 1. The Morgan fingerprint density at radius 2 is 1.83 bits per heavy atom. The molecule has 0 aliphatic carbocycles. The van der Waals surface area contributed by atoms with Crippen LogP contribution < -0.4 is 30.7 Å². The molecule has 5 atom stereocenters. The molecule has 0 spiro atoms. The summed E-state index contributed by atoms with van der Waals surface area (Å²) in [5.74, 6) is 0.252. The number of amides is 2. The Morgan fingerprint density at radius 3 is 2.50 bits per heavy atom. The van der Waals surface area contributed by atoms with E-state index in [0.717, 1.165) is 73.1 Å². The van der Waals surface area contributed by atoms with E-state index in [1.165, 1.54) is 12.3 Å². The van der Waals surface area contributed by atoms with E-state index < -0.39 is 17.9 Å². The molecule has 12 rings (SSSR count). The maximum atomic E-state index is 15.5. The number of anilines is 2. The monoisotopic (exact) mass is 1150 g/mol. The highest BCUT2D eigenvalue weighted by Gasteiger charge is 2.40. The first-order valence-electron chi connectivity index (χ1n) is 27.5. The molecule has 18 nitrogen and oxygen atoms in total. The van der Waals surface area contributed by atoms with Crippen LogP contribution in [-0.4, -0.2) is 116 Å². The SMILES string of the molecule is CC(C)C(C(=O)N1CCCC1C)n1cc(-c2ccc(COc3c(-c4ccc(F)c5sc(N)c(C#N)c45)c(Cl)cc4c(N5CC6CC5CN6)nc(OC5CCOCC5)nc34)cc2)nn1.O=CNC(CO)c1ccc(-c2ccncc2F)cc1. The van der Waals surface area contributed by atoms with Crippen LogP contribution >= 0.6 is 22.9 Å². The highest BCUT2D eigenvalue weighted by atomic mass is 35.5. The third-order valence-electron chi connectivity index (χ3n) is 15.8. The van der Waals surface area contributed by atoms with E-state index in [0.29, 0.717) is 99.3 Å². The van der Waals surface area contributed by atoms with Gasteiger partial charge in [0.25, 0.3) is 0 Å². The molecule has 2 bridgehead atoms. The van der Waals surface area contributed by atoms with Crippen molar-refractivity contribution in [3.8, 4) is 51.3 Å². The van der Waals surface area contributed by atoms with Gasteiger partial charge in [-0.3, -0.25) is 14.6 Å². The van der Waals surface area contributed by atoms with E-state index in [4.69, 9.17) is 46.6 Å². The van der Waals surface area contributed by atoms with Gasteiger partial charge in [-0.15, -0.1) is 16.4 Å². The number of pyridine rings is 1. The van der Waals surface area contributed by atoms with Crippen molar-refractivity contribution in [2.45, 2.75) is 95.8 Å². The molecule has 0 saturated carbocycles. The number of nitriles is 1. The maximum absolute atomic E-state index is 15.5. The molecular weight excluding hydrogens is 1090 g/mol. The lowest BCUT2D eigenvalue weighted by Crippen LogP contribution is -2.44. The molecule has 8 heterocycles. The third-order valence-corrected chi connectivity index (χ3v) is 17.1. The number of hydrogen-bond donors (Lipinski definition) is 4. The highest BCUT2D eigenvalue weighted by molar-refractivity contribution is 7.23. The molecular formula is C60H61ClF2N12O6S. The number of carbonyl (C=O) groups excluding carboxylic acids is 2. The van der Waals surface area contributed by atoms with Crippen LogP contribution in [0.15, 0.2) is 91.4 Å². The summed E-state index contributed by atoms with van der Waals surface area (Å²) >= 11 is 8.38. The van der Waals surface area contributed by atoms with Gasteiger partial charge in [-0.05, 0) is 72.6 Å². The molecule has 4 fully saturated rings. The molecule has 22 heteroatoms. The minimum absolute atomic E-state index is 0.0229. The molecule has 4 saturated heterocycles. The van der Waals surface area contributed by atoms with Crippen molar-refractivity contribution in [2.75, 3.05) is 50.1 Å². The smallest absolute Gasteiger partial charge is 0.319 e. The first kappa shape index (κ1) is 56.0. The van der Waals surface area contributed by atoms with Crippen molar-refractivity contribution >= 4 is 67.1 Å². The molecule has 5 unspecified atom stereocenters. The number of ether oxygens (including phenoxy) is 3. The summed E-state index contributed by atoms with van der Waals surface area (Å²) in [7, 11) is 0. The number of aromatic nitrogens is 6. The van der Waals surface area contributed by atoms with Crippen molar-refractivity contribution in [1.82, 2.24) is 45.5 Å². The number of aliphatic hydroxyl groups is 1. The van der Waals surface area contributed by atoms with Gasteiger partial charge in [-0.25, -0.2) is 13.5 Å². The highest BCUT2D eigenvalue weighted by Crippen LogP contribution is 2.50. The fraction of sp³-hybridized carbons (Fsp3) is 0.367. The minimum atomic E-state index is -0.492. The fourth-order valence-corrected chi connectivity index (χ4v) is 12.8. The van der Waals surface area contributed by atoms with E-state index in [1.54, 1.807) is 41.1 Å². The largest absolute Gasteiger partial charge is 0.486 e. The molecule has 82 heavy (non-hydrogen) atoms. The fourth-order valence-electron chi connectivity index (χ4n) is 11.6. The zero-order chi connectivity index (χ0) is 57.2. The van der Waals surface area contributed by atoms with Crippen molar-refractivity contribution in [3.05, 3.63) is 125 Å². The molecule has 4 aliphatic rings. The van der Waals surface area contributed by atoms with Crippen LogP contribution in [0.3, 0.4) is 0 Å². The van der Waals surface area contributed by atoms with Crippen LogP contribution in [0.5, 0.6) is 11.8 Å². The van der Waals surface area contributed by atoms with Crippen LogP contribution in [0.2, 0.25) is 5.02 Å². The number of nitrogen functional groups attached to an aromatic ring is 1. The second kappa shape index (κ2) is 24.3. The molecule has 4 aliphatic heterocycles. The number of aliphatic hydroxyl groups excluding tert-OH is 1. The van der Waals surface area contributed by atoms with Crippen molar-refractivity contribution in [1.29, 1.82) is 5.26 Å². The van der Waals surface area contributed by atoms with Gasteiger partial charge in [0.2, 0.25) is 12.3 Å². The van der Waals surface area contributed by atoms with E-state index in [2.05, 4.69) is 43.8 Å². The topological polar surface area (TPSA) is 232 Å². The average molecular weight is 1150 g/mol. The van der Waals surface area contributed by atoms with Crippen LogP contribution in [-0.2, 0) is 20.9 Å². The Balaban J connectivity index is 0.000000315. The zero-order valence-corrected chi connectivity index (χ0v) is 47.0. The number of thiophene rings is 1. The van der Waals surface area contributed by atoms with Gasteiger partial charge in [-0.1, -0.05) is 85.3 Å². The Bertz CT molecular complexity index is 3690. The number of hydrogen-bond acceptors (Lipinski definition) is 16. The Labute approximate surface area is 481 Å². The summed E-state index contributed by atoms with van der Waals surface area (Å²) in [4.78, 5) is 42.2. The lowest BCUT2D eigenvalue weighted by Gasteiger charge is -2.30. The van der Waals surface area contributed by atoms with Crippen LogP contribution in [0.25, 0.3) is 54.5 Å². The number of piperazine rings is 1. The van der Waals surface area contributed by atoms with E-state index in [-0.39, 0.29) is 70.3 Å². The number of nitrogens with two attached hydrogens (primary N) is 1. The molecule has 424 valence electrons. The molecule has 2 amide bonds. The van der Waals surface area contributed by atoms with Gasteiger partial charge in [0.1, 0.15) is 58.5 Å². The summed E-state index contributed by atoms with van der Waals surface area (Å²) in [6, 6.07) is 23.4. The number of nitrogens with one attached hydrogen (secondary N) is 2. The lowest BCUT2D eigenvalue weighted by molar-refractivity contribution is -0.137. The van der Waals surface area contributed by atoms with Crippen molar-refractivity contribution in [3.63, 3.8) is 0 Å². The second-order valence-corrected chi connectivity index (χ2v) is 22.9. The standard InChI is InChI=1S/C46H48ClFN10O4S.C14H13FN2O2/c1-24(2)40(45(59)56-14-4-5-25(56)3)58-22-36(54-55-58)27-8-6-26(7-9-27)23-61-41-38(31-10-11-35(48)42-37(31)33(19-49)43(50)63-42)34(47)18-32-39(41)52-46(62-30-12-15-60-16-13-30)53-44(32)57-21-28-17-29(57)20-51-28;15-13-7-16-6-5-12(13)10-1-3-11(4-2-10)14(8-18)17-9-19/h6-11,18,22,24-25,28-30,40,51H,4-5,12-17,20-21,23,50H2,1-3H3;1-7,9,14,18H,8H2,(H,17,19). The van der Waals surface area contributed by atoms with Gasteiger partial charge in [0.15, 0.2) is 5.75 Å². The van der Waals surface area contributed by atoms with Gasteiger partial charge in [-0.2, -0.15) is 15.2 Å². The van der Waals surface area contributed by atoms with E-state index in [9.17, 15) is 19.2 Å². The molecule has 0 radical (unpaired) electrons.